The summed E-state index contributed by atoms with van der Waals surface area (Å²) in [6.45, 7) is 13.9. The van der Waals surface area contributed by atoms with E-state index in [1.54, 1.807) is 0 Å². The van der Waals surface area contributed by atoms with Gasteiger partial charge in [-0.2, -0.15) is 0 Å². The average Bonchev–Trinajstić information content (AvgIpc) is 2.13. The van der Waals surface area contributed by atoms with Crippen LogP contribution < -0.4 is 5.73 Å². The summed E-state index contributed by atoms with van der Waals surface area (Å²) >= 11 is 0. The molecule has 1 aliphatic carbocycles. The summed E-state index contributed by atoms with van der Waals surface area (Å²) in [6, 6.07) is 0. The molecule has 1 rings (SSSR count). The largest absolute Gasteiger partial charge is 0.325 e. The van der Waals surface area contributed by atoms with Gasteiger partial charge in [-0.25, -0.2) is 0 Å². The molecule has 1 nitrogen and oxygen atoms in total. The van der Waals surface area contributed by atoms with Crippen LogP contribution in [0, 0.1) is 29.6 Å². The fourth-order valence-corrected chi connectivity index (χ4v) is 3.78. The van der Waals surface area contributed by atoms with Gasteiger partial charge in [-0.05, 0) is 68.6 Å². The summed E-state index contributed by atoms with van der Waals surface area (Å²) in [7, 11) is 0. The standard InChI is InChI=1S/C17H35N/c1-12(2)7-15-8-14(5)9-16(10-15)11-17(6,18)13(3)4/h12-16H,7-11,18H2,1-6H3. The first kappa shape index (κ1) is 16.0. The summed E-state index contributed by atoms with van der Waals surface area (Å²) < 4.78 is 0. The van der Waals surface area contributed by atoms with E-state index in [1.165, 1.54) is 32.1 Å². The maximum atomic E-state index is 6.48. The second-order valence-electron chi connectivity index (χ2n) is 8.04. The zero-order chi connectivity index (χ0) is 13.9. The summed E-state index contributed by atoms with van der Waals surface area (Å²) in [6.07, 6.45) is 6.88. The first-order valence-corrected chi connectivity index (χ1v) is 7.99. The van der Waals surface area contributed by atoms with Crippen LogP contribution in [0.3, 0.4) is 0 Å². The van der Waals surface area contributed by atoms with Crippen LogP contribution in [0.15, 0.2) is 0 Å². The first-order valence-electron chi connectivity index (χ1n) is 7.99. The number of hydrogen-bond acceptors (Lipinski definition) is 1. The Morgan fingerprint density at radius 2 is 1.61 bits per heavy atom. The van der Waals surface area contributed by atoms with Gasteiger partial charge in [-0.3, -0.25) is 0 Å². The molecule has 108 valence electrons. The van der Waals surface area contributed by atoms with Crippen molar-refractivity contribution >= 4 is 0 Å². The number of rotatable bonds is 5. The van der Waals surface area contributed by atoms with Gasteiger partial charge in [0.15, 0.2) is 0 Å². The Hall–Kier alpha value is -0.0400. The fraction of sp³-hybridized carbons (Fsp3) is 1.00. The molecule has 0 amide bonds. The van der Waals surface area contributed by atoms with Crippen molar-refractivity contribution in [3.8, 4) is 0 Å². The molecule has 4 atom stereocenters. The first-order chi connectivity index (χ1) is 8.20. The van der Waals surface area contributed by atoms with E-state index in [4.69, 9.17) is 5.73 Å². The molecule has 0 radical (unpaired) electrons. The number of hydrogen-bond donors (Lipinski definition) is 1. The maximum Gasteiger partial charge on any atom is 0.0151 e. The normalized spacial score (nSPS) is 32.8. The van der Waals surface area contributed by atoms with E-state index in [0.29, 0.717) is 5.92 Å². The molecule has 0 spiro atoms. The van der Waals surface area contributed by atoms with Gasteiger partial charge in [0.2, 0.25) is 0 Å². The Morgan fingerprint density at radius 1 is 1.06 bits per heavy atom. The fourth-order valence-electron chi connectivity index (χ4n) is 3.78. The van der Waals surface area contributed by atoms with Gasteiger partial charge in [0.05, 0.1) is 0 Å². The van der Waals surface area contributed by atoms with Crippen LogP contribution in [0.2, 0.25) is 0 Å². The van der Waals surface area contributed by atoms with Crippen LogP contribution in [0.4, 0.5) is 0 Å². The lowest BCUT2D eigenvalue weighted by Crippen LogP contribution is -2.44. The van der Waals surface area contributed by atoms with Crippen molar-refractivity contribution in [3.63, 3.8) is 0 Å². The van der Waals surface area contributed by atoms with Crippen LogP contribution >= 0.6 is 0 Å². The lowest BCUT2D eigenvalue weighted by molar-refractivity contribution is 0.143. The van der Waals surface area contributed by atoms with Crippen molar-refractivity contribution in [2.75, 3.05) is 0 Å². The molecule has 4 unspecified atom stereocenters. The average molecular weight is 253 g/mol. The molecule has 0 aromatic rings. The van der Waals surface area contributed by atoms with E-state index in [0.717, 1.165) is 23.7 Å². The molecular weight excluding hydrogens is 218 g/mol. The Morgan fingerprint density at radius 3 is 2.11 bits per heavy atom. The van der Waals surface area contributed by atoms with E-state index in [-0.39, 0.29) is 5.54 Å². The summed E-state index contributed by atoms with van der Waals surface area (Å²) in [4.78, 5) is 0. The van der Waals surface area contributed by atoms with Crippen LogP contribution in [0.5, 0.6) is 0 Å². The van der Waals surface area contributed by atoms with Gasteiger partial charge < -0.3 is 5.73 Å². The van der Waals surface area contributed by atoms with Crippen molar-refractivity contribution in [2.45, 2.75) is 79.2 Å². The van der Waals surface area contributed by atoms with Crippen LogP contribution in [-0.2, 0) is 0 Å². The Kier molecular flexibility index (Phi) is 5.70. The third kappa shape index (κ3) is 4.91. The van der Waals surface area contributed by atoms with E-state index in [2.05, 4.69) is 41.5 Å². The maximum absolute atomic E-state index is 6.48. The highest BCUT2D eigenvalue weighted by Crippen LogP contribution is 2.40. The second kappa shape index (κ2) is 6.41. The molecule has 1 aliphatic rings. The third-order valence-corrected chi connectivity index (χ3v) is 4.99. The minimum Gasteiger partial charge on any atom is -0.325 e. The molecule has 1 saturated carbocycles. The highest BCUT2D eigenvalue weighted by Gasteiger charge is 2.32. The van der Waals surface area contributed by atoms with Crippen molar-refractivity contribution in [3.05, 3.63) is 0 Å². The monoisotopic (exact) mass is 253 g/mol. The van der Waals surface area contributed by atoms with E-state index in [9.17, 15) is 0 Å². The molecule has 0 bridgehead atoms. The Balaban J connectivity index is 2.55. The van der Waals surface area contributed by atoms with Crippen LogP contribution in [0.1, 0.15) is 73.6 Å². The molecule has 0 saturated heterocycles. The van der Waals surface area contributed by atoms with Crippen molar-refractivity contribution < 1.29 is 0 Å². The quantitative estimate of drug-likeness (QED) is 0.745. The summed E-state index contributed by atoms with van der Waals surface area (Å²) in [5.41, 5.74) is 6.50. The zero-order valence-electron chi connectivity index (χ0n) is 13.5. The predicted octanol–water partition coefficient (Wildman–Crippen LogP) is 4.85. The van der Waals surface area contributed by atoms with Crippen LogP contribution in [-0.4, -0.2) is 5.54 Å². The van der Waals surface area contributed by atoms with Gasteiger partial charge in [-0.15, -0.1) is 0 Å². The van der Waals surface area contributed by atoms with Gasteiger partial charge in [0.1, 0.15) is 0 Å². The lowest BCUT2D eigenvalue weighted by Gasteiger charge is -2.39. The summed E-state index contributed by atoms with van der Waals surface area (Å²) in [5.74, 6) is 4.13. The lowest BCUT2D eigenvalue weighted by atomic mass is 9.68. The van der Waals surface area contributed by atoms with Gasteiger partial charge in [0.25, 0.3) is 0 Å². The second-order valence-corrected chi connectivity index (χ2v) is 8.04. The Bertz CT molecular complexity index is 240. The third-order valence-electron chi connectivity index (χ3n) is 4.99. The van der Waals surface area contributed by atoms with Crippen molar-refractivity contribution in [2.24, 2.45) is 35.3 Å². The molecule has 18 heavy (non-hydrogen) atoms. The smallest absolute Gasteiger partial charge is 0.0151 e. The number of nitrogens with two attached hydrogens (primary N) is 1. The molecular formula is C17H35N. The molecule has 1 fully saturated rings. The van der Waals surface area contributed by atoms with Crippen molar-refractivity contribution in [1.82, 2.24) is 0 Å². The van der Waals surface area contributed by atoms with Crippen LogP contribution in [0.25, 0.3) is 0 Å². The van der Waals surface area contributed by atoms with Crippen molar-refractivity contribution in [1.29, 1.82) is 0 Å². The van der Waals surface area contributed by atoms with Gasteiger partial charge in [0, 0.05) is 5.54 Å². The highest BCUT2D eigenvalue weighted by atomic mass is 14.7. The Labute approximate surface area is 115 Å². The molecule has 2 N–H and O–H groups in total. The van der Waals surface area contributed by atoms with Gasteiger partial charge in [-0.1, -0.05) is 34.6 Å². The zero-order valence-corrected chi connectivity index (χ0v) is 13.5. The molecule has 0 aromatic carbocycles. The van der Waals surface area contributed by atoms with E-state index in [1.807, 2.05) is 0 Å². The van der Waals surface area contributed by atoms with E-state index < -0.39 is 0 Å². The minimum atomic E-state index is 0.0180. The molecule has 0 aromatic heterocycles. The molecule has 0 heterocycles. The minimum absolute atomic E-state index is 0.0180. The van der Waals surface area contributed by atoms with E-state index >= 15 is 0 Å². The highest BCUT2D eigenvalue weighted by molar-refractivity contribution is 4.88. The molecule has 0 aliphatic heterocycles. The topological polar surface area (TPSA) is 26.0 Å². The van der Waals surface area contributed by atoms with Gasteiger partial charge >= 0.3 is 0 Å². The predicted molar refractivity (Wildman–Crippen MR) is 81.5 cm³/mol. The molecule has 1 heteroatoms. The SMILES string of the molecule is CC(C)CC1CC(C)CC(CC(C)(N)C(C)C)C1. The summed E-state index contributed by atoms with van der Waals surface area (Å²) in [5, 5.41) is 0.